The number of amides is 1. The molecule has 0 aliphatic rings. The van der Waals surface area contributed by atoms with Crippen molar-refractivity contribution in [2.24, 2.45) is 0 Å². The Kier molecular flexibility index (Phi) is 7.28. The van der Waals surface area contributed by atoms with Crippen LogP contribution in [0.4, 0.5) is 5.13 Å². The predicted octanol–water partition coefficient (Wildman–Crippen LogP) is 2.28. The fraction of sp³-hybridized carbons (Fsp3) is 0.333. The summed E-state index contributed by atoms with van der Waals surface area (Å²) in [4.78, 5) is 39.2. The molecule has 2 rings (SSSR count). The van der Waals surface area contributed by atoms with Crippen molar-refractivity contribution in [3.63, 3.8) is 0 Å². The number of ether oxygens (including phenoxy) is 2. The van der Waals surface area contributed by atoms with Gasteiger partial charge in [0.25, 0.3) is 5.91 Å². The maximum atomic E-state index is 11.9. The first kappa shape index (κ1) is 19.6. The molecular formula is C18H20N2O5S. The Morgan fingerprint density at radius 2 is 1.85 bits per heavy atom. The average molecular weight is 376 g/mol. The molecule has 0 saturated heterocycles. The fourth-order valence-electron chi connectivity index (χ4n) is 2.12. The third kappa shape index (κ3) is 6.29. The van der Waals surface area contributed by atoms with Crippen molar-refractivity contribution in [1.82, 2.24) is 4.98 Å². The molecule has 0 fully saturated rings. The van der Waals surface area contributed by atoms with E-state index in [0.29, 0.717) is 17.4 Å². The Labute approximate surface area is 155 Å². The minimum Gasteiger partial charge on any atom is -0.466 e. The highest BCUT2D eigenvalue weighted by Gasteiger charge is 2.13. The summed E-state index contributed by atoms with van der Waals surface area (Å²) < 4.78 is 9.83. The van der Waals surface area contributed by atoms with E-state index in [1.165, 1.54) is 11.3 Å². The van der Waals surface area contributed by atoms with Gasteiger partial charge in [-0.05, 0) is 25.0 Å². The SMILES string of the molecule is CCOC(=O)Cc1csc(NC(=O)COC(=O)Cc2ccccc2C)n1. The largest absolute Gasteiger partial charge is 0.466 e. The lowest BCUT2D eigenvalue weighted by Crippen LogP contribution is -2.21. The number of carbonyl (C=O) groups excluding carboxylic acids is 3. The van der Waals surface area contributed by atoms with Gasteiger partial charge in [0.15, 0.2) is 11.7 Å². The van der Waals surface area contributed by atoms with Gasteiger partial charge < -0.3 is 9.47 Å². The van der Waals surface area contributed by atoms with Gasteiger partial charge >= 0.3 is 11.9 Å². The van der Waals surface area contributed by atoms with Gasteiger partial charge in [-0.25, -0.2) is 4.98 Å². The number of rotatable bonds is 8. The molecule has 0 bridgehead atoms. The topological polar surface area (TPSA) is 94.6 Å². The van der Waals surface area contributed by atoms with Crippen LogP contribution in [0.15, 0.2) is 29.6 Å². The molecule has 138 valence electrons. The number of esters is 2. The van der Waals surface area contributed by atoms with Crippen LogP contribution in [0, 0.1) is 6.92 Å². The molecule has 0 aliphatic carbocycles. The van der Waals surface area contributed by atoms with Crippen molar-refractivity contribution >= 4 is 34.3 Å². The van der Waals surface area contributed by atoms with Gasteiger partial charge in [-0.3, -0.25) is 19.7 Å². The lowest BCUT2D eigenvalue weighted by atomic mass is 10.1. The monoisotopic (exact) mass is 376 g/mol. The molecule has 1 N–H and O–H groups in total. The van der Waals surface area contributed by atoms with Crippen molar-refractivity contribution in [2.45, 2.75) is 26.7 Å². The molecule has 1 aromatic heterocycles. The van der Waals surface area contributed by atoms with Crippen LogP contribution in [-0.4, -0.2) is 36.0 Å². The highest BCUT2D eigenvalue weighted by atomic mass is 32.1. The third-order valence-corrected chi connectivity index (χ3v) is 4.20. The summed E-state index contributed by atoms with van der Waals surface area (Å²) in [5.74, 6) is -1.34. The Morgan fingerprint density at radius 1 is 1.12 bits per heavy atom. The second kappa shape index (κ2) is 9.67. The molecule has 8 heteroatoms. The van der Waals surface area contributed by atoms with Gasteiger partial charge in [-0.2, -0.15) is 0 Å². The van der Waals surface area contributed by atoms with E-state index < -0.39 is 18.5 Å². The van der Waals surface area contributed by atoms with Crippen LogP contribution in [0.1, 0.15) is 23.7 Å². The number of hydrogen-bond acceptors (Lipinski definition) is 7. The van der Waals surface area contributed by atoms with Gasteiger partial charge in [0.05, 0.1) is 25.1 Å². The van der Waals surface area contributed by atoms with E-state index in [1.807, 2.05) is 31.2 Å². The number of thiazole rings is 1. The molecule has 1 aromatic carbocycles. The first-order chi connectivity index (χ1) is 12.5. The summed E-state index contributed by atoms with van der Waals surface area (Å²) >= 11 is 1.19. The van der Waals surface area contributed by atoms with Crippen LogP contribution in [-0.2, 0) is 36.7 Å². The summed E-state index contributed by atoms with van der Waals surface area (Å²) in [6.45, 7) is 3.55. The van der Waals surface area contributed by atoms with Crippen LogP contribution in [0.2, 0.25) is 0 Å². The smallest absolute Gasteiger partial charge is 0.311 e. The summed E-state index contributed by atoms with van der Waals surface area (Å²) in [6, 6.07) is 7.49. The van der Waals surface area contributed by atoms with Crippen molar-refractivity contribution < 1.29 is 23.9 Å². The molecule has 1 heterocycles. The molecule has 2 aromatic rings. The molecule has 1 amide bonds. The van der Waals surface area contributed by atoms with Crippen LogP contribution >= 0.6 is 11.3 Å². The zero-order chi connectivity index (χ0) is 18.9. The molecule has 26 heavy (non-hydrogen) atoms. The van der Waals surface area contributed by atoms with Gasteiger partial charge in [0.2, 0.25) is 0 Å². The average Bonchev–Trinajstić information content (AvgIpc) is 3.02. The maximum absolute atomic E-state index is 11.9. The molecule has 7 nitrogen and oxygen atoms in total. The number of aromatic nitrogens is 1. The van der Waals surface area contributed by atoms with E-state index in [1.54, 1.807) is 12.3 Å². The molecule has 0 spiro atoms. The molecule has 0 saturated carbocycles. The zero-order valence-electron chi connectivity index (χ0n) is 14.6. The lowest BCUT2D eigenvalue weighted by molar-refractivity contribution is -0.146. The minimum absolute atomic E-state index is 0.0472. The van der Waals surface area contributed by atoms with Gasteiger partial charge in [-0.1, -0.05) is 24.3 Å². The zero-order valence-corrected chi connectivity index (χ0v) is 15.4. The van der Waals surface area contributed by atoms with Gasteiger partial charge in [0, 0.05) is 5.38 Å². The van der Waals surface area contributed by atoms with Crippen LogP contribution in [0.5, 0.6) is 0 Å². The van der Waals surface area contributed by atoms with Gasteiger partial charge in [0.1, 0.15) is 0 Å². The van der Waals surface area contributed by atoms with E-state index in [-0.39, 0.29) is 18.8 Å². The molecular weight excluding hydrogens is 356 g/mol. The summed E-state index contributed by atoms with van der Waals surface area (Å²) in [5, 5.41) is 4.54. The second-order valence-electron chi connectivity index (χ2n) is 5.44. The Bertz CT molecular complexity index is 787. The van der Waals surface area contributed by atoms with Crippen molar-refractivity contribution in [1.29, 1.82) is 0 Å². The number of benzene rings is 1. The third-order valence-electron chi connectivity index (χ3n) is 3.39. The first-order valence-corrected chi connectivity index (χ1v) is 8.96. The maximum Gasteiger partial charge on any atom is 0.311 e. The Balaban J connectivity index is 1.76. The number of anilines is 1. The molecule has 0 atom stereocenters. The van der Waals surface area contributed by atoms with Crippen LogP contribution in [0.25, 0.3) is 0 Å². The quantitative estimate of drug-likeness (QED) is 0.710. The van der Waals surface area contributed by atoms with E-state index in [4.69, 9.17) is 9.47 Å². The minimum atomic E-state index is -0.486. The molecule has 0 unspecified atom stereocenters. The van der Waals surface area contributed by atoms with Crippen LogP contribution in [0.3, 0.4) is 0 Å². The first-order valence-electron chi connectivity index (χ1n) is 8.08. The predicted molar refractivity (Wildman–Crippen MR) is 96.9 cm³/mol. The number of nitrogens with zero attached hydrogens (tertiary/aromatic N) is 1. The van der Waals surface area contributed by atoms with Crippen LogP contribution < -0.4 is 5.32 Å². The van der Waals surface area contributed by atoms with E-state index in [0.717, 1.165) is 11.1 Å². The highest BCUT2D eigenvalue weighted by Crippen LogP contribution is 2.16. The highest BCUT2D eigenvalue weighted by molar-refractivity contribution is 7.13. The lowest BCUT2D eigenvalue weighted by Gasteiger charge is -2.06. The van der Waals surface area contributed by atoms with E-state index in [2.05, 4.69) is 10.3 Å². The van der Waals surface area contributed by atoms with Crippen molar-refractivity contribution in [3.8, 4) is 0 Å². The standard InChI is InChI=1S/C18H20N2O5S/c1-3-24-17(23)9-14-11-26-18(19-14)20-15(21)10-25-16(22)8-13-7-5-4-6-12(13)2/h4-7,11H,3,8-10H2,1-2H3,(H,19,20,21). The number of nitrogens with one attached hydrogen (secondary N) is 1. The van der Waals surface area contributed by atoms with Crippen molar-refractivity contribution in [2.75, 3.05) is 18.5 Å². The summed E-state index contributed by atoms with van der Waals surface area (Å²) in [6.07, 6.45) is 0.159. The summed E-state index contributed by atoms with van der Waals surface area (Å²) in [5.41, 5.74) is 2.37. The normalized spacial score (nSPS) is 10.2. The summed E-state index contributed by atoms with van der Waals surface area (Å²) in [7, 11) is 0. The van der Waals surface area contributed by atoms with E-state index >= 15 is 0 Å². The van der Waals surface area contributed by atoms with Crippen molar-refractivity contribution in [3.05, 3.63) is 46.5 Å². The molecule has 0 aliphatic heterocycles. The molecule has 0 radical (unpaired) electrons. The Morgan fingerprint density at radius 3 is 2.58 bits per heavy atom. The number of hydrogen-bond donors (Lipinski definition) is 1. The Hall–Kier alpha value is -2.74. The number of carbonyl (C=O) groups is 3. The van der Waals surface area contributed by atoms with Gasteiger partial charge in [-0.15, -0.1) is 11.3 Å². The fourth-order valence-corrected chi connectivity index (χ4v) is 2.85. The second-order valence-corrected chi connectivity index (χ2v) is 6.30. The number of aryl methyl sites for hydroxylation is 1. The van der Waals surface area contributed by atoms with E-state index in [9.17, 15) is 14.4 Å².